The molecule has 0 spiro atoms. The van der Waals surface area contributed by atoms with E-state index < -0.39 is 36.7 Å². The molecule has 212 valence electrons. The fraction of sp³-hybridized carbons (Fsp3) is 0.242. The average molecular weight is 555 g/mol. The van der Waals surface area contributed by atoms with Crippen LogP contribution in [0.5, 0.6) is 0 Å². The van der Waals surface area contributed by atoms with Crippen molar-refractivity contribution in [1.29, 1.82) is 0 Å². The Morgan fingerprint density at radius 3 is 2.10 bits per heavy atom. The molecule has 8 heteroatoms. The Bertz CT molecular complexity index is 1490. The van der Waals surface area contributed by atoms with Crippen molar-refractivity contribution in [1.82, 2.24) is 10.2 Å². The van der Waals surface area contributed by atoms with Gasteiger partial charge in [0.2, 0.25) is 0 Å². The number of nitrogens with zero attached hydrogens (tertiary/aromatic N) is 1. The lowest BCUT2D eigenvalue weighted by Gasteiger charge is -2.28. The highest BCUT2D eigenvalue weighted by Gasteiger charge is 2.29. The first kappa shape index (κ1) is 29.3. The minimum absolute atomic E-state index is 0.00790. The zero-order valence-electron chi connectivity index (χ0n) is 23.1. The number of carboxylic acids is 1. The molecular weight excluding hydrogens is 520 g/mol. The Morgan fingerprint density at radius 2 is 1.44 bits per heavy atom. The molecule has 0 aliphatic rings. The van der Waals surface area contributed by atoms with Crippen molar-refractivity contribution in [3.05, 3.63) is 108 Å². The molecule has 4 aromatic rings. The minimum Gasteiger partial charge on any atom is -0.479 e. The topological polar surface area (TPSA) is 116 Å². The standard InChI is InChI=1S/C33H34N2O6/c1-22(2)19-35(20-29(36)31(37)38)33(40)34-30(32(39)41-21-23-8-4-3-5-9-23)26-15-12-25(13-16-26)28-17-14-24-10-6-7-11-27(24)18-28/h3-18,22,29-30,36H,19-21H2,1-2H3,(H,34,40)(H,37,38). The van der Waals surface area contributed by atoms with E-state index in [2.05, 4.69) is 23.5 Å². The summed E-state index contributed by atoms with van der Waals surface area (Å²) in [7, 11) is 0. The van der Waals surface area contributed by atoms with Crippen LogP contribution in [0.15, 0.2) is 97.1 Å². The number of esters is 1. The largest absolute Gasteiger partial charge is 0.479 e. The van der Waals surface area contributed by atoms with E-state index in [0.717, 1.165) is 27.5 Å². The van der Waals surface area contributed by atoms with Crippen LogP contribution >= 0.6 is 0 Å². The van der Waals surface area contributed by atoms with Gasteiger partial charge in [-0.05, 0) is 45.0 Å². The minimum atomic E-state index is -1.76. The summed E-state index contributed by atoms with van der Waals surface area (Å²) in [5.41, 5.74) is 3.24. The Morgan fingerprint density at radius 1 is 0.805 bits per heavy atom. The molecule has 0 saturated heterocycles. The third-order valence-electron chi connectivity index (χ3n) is 6.61. The molecule has 4 aromatic carbocycles. The van der Waals surface area contributed by atoms with Crippen LogP contribution in [0.2, 0.25) is 0 Å². The summed E-state index contributed by atoms with van der Waals surface area (Å²) in [6.07, 6.45) is -1.76. The molecule has 0 aromatic heterocycles. The van der Waals surface area contributed by atoms with Crippen molar-refractivity contribution in [2.45, 2.75) is 32.6 Å². The second kappa shape index (κ2) is 13.6. The number of hydrogen-bond acceptors (Lipinski definition) is 5. The number of benzene rings is 4. The molecule has 4 rings (SSSR count). The molecule has 2 unspecified atom stereocenters. The van der Waals surface area contributed by atoms with Crippen LogP contribution in [0.25, 0.3) is 21.9 Å². The molecule has 0 heterocycles. The lowest BCUT2D eigenvalue weighted by atomic mass is 9.98. The Labute approximate surface area is 239 Å². The van der Waals surface area contributed by atoms with Crippen LogP contribution in [0, 0.1) is 5.92 Å². The van der Waals surface area contributed by atoms with E-state index in [4.69, 9.17) is 9.84 Å². The molecule has 0 bridgehead atoms. The number of carbonyl (C=O) groups is 3. The summed E-state index contributed by atoms with van der Waals surface area (Å²) in [5, 5.41) is 24.0. The highest BCUT2D eigenvalue weighted by atomic mass is 16.5. The predicted molar refractivity (Wildman–Crippen MR) is 157 cm³/mol. The van der Waals surface area contributed by atoms with Crippen LogP contribution in [0.3, 0.4) is 0 Å². The molecule has 0 fully saturated rings. The second-order valence-corrected chi connectivity index (χ2v) is 10.3. The highest BCUT2D eigenvalue weighted by molar-refractivity contribution is 5.88. The van der Waals surface area contributed by atoms with Gasteiger partial charge in [-0.2, -0.15) is 0 Å². The highest BCUT2D eigenvalue weighted by Crippen LogP contribution is 2.26. The van der Waals surface area contributed by atoms with Gasteiger partial charge < -0.3 is 25.2 Å². The third kappa shape index (κ3) is 7.93. The van der Waals surface area contributed by atoms with Crippen molar-refractivity contribution in [2.75, 3.05) is 13.1 Å². The number of carboxylic acid groups (broad SMARTS) is 1. The maximum Gasteiger partial charge on any atom is 0.334 e. The number of nitrogens with one attached hydrogen (secondary N) is 1. The van der Waals surface area contributed by atoms with Gasteiger partial charge in [-0.15, -0.1) is 0 Å². The maximum atomic E-state index is 13.3. The summed E-state index contributed by atoms with van der Waals surface area (Å²) >= 11 is 0. The predicted octanol–water partition coefficient (Wildman–Crippen LogP) is 5.40. The Balaban J connectivity index is 1.59. The number of aliphatic hydroxyl groups is 1. The molecule has 0 aliphatic heterocycles. The van der Waals surface area contributed by atoms with Gasteiger partial charge in [-0.3, -0.25) is 0 Å². The van der Waals surface area contributed by atoms with Gasteiger partial charge >= 0.3 is 18.0 Å². The number of fused-ring (bicyclic) bond motifs is 1. The molecule has 0 aliphatic carbocycles. The van der Waals surface area contributed by atoms with Crippen molar-refractivity contribution >= 4 is 28.7 Å². The number of carbonyl (C=O) groups excluding carboxylic acids is 2. The van der Waals surface area contributed by atoms with Crippen molar-refractivity contribution < 1.29 is 29.3 Å². The number of aliphatic hydroxyl groups excluding tert-OH is 1. The fourth-order valence-corrected chi connectivity index (χ4v) is 4.51. The summed E-state index contributed by atoms with van der Waals surface area (Å²) < 4.78 is 5.57. The van der Waals surface area contributed by atoms with E-state index in [0.29, 0.717) is 5.56 Å². The molecule has 8 nitrogen and oxygen atoms in total. The summed E-state index contributed by atoms with van der Waals surface area (Å²) in [6, 6.07) is 28.9. The second-order valence-electron chi connectivity index (χ2n) is 10.3. The van der Waals surface area contributed by atoms with Gasteiger partial charge in [-0.25, -0.2) is 14.4 Å². The van der Waals surface area contributed by atoms with E-state index in [9.17, 15) is 19.5 Å². The van der Waals surface area contributed by atoms with E-state index >= 15 is 0 Å². The van der Waals surface area contributed by atoms with Gasteiger partial charge in [0, 0.05) is 6.54 Å². The smallest absolute Gasteiger partial charge is 0.334 e. The fourth-order valence-electron chi connectivity index (χ4n) is 4.51. The number of aliphatic carboxylic acids is 1. The molecular formula is C33H34N2O6. The monoisotopic (exact) mass is 554 g/mol. The number of urea groups is 1. The first-order valence-electron chi connectivity index (χ1n) is 13.5. The van der Waals surface area contributed by atoms with Crippen LogP contribution in [-0.2, 0) is 20.9 Å². The lowest BCUT2D eigenvalue weighted by molar-refractivity contribution is -0.148. The summed E-state index contributed by atoms with van der Waals surface area (Å²) in [6.45, 7) is 3.51. The van der Waals surface area contributed by atoms with Gasteiger partial charge in [0.25, 0.3) is 0 Å². The average Bonchev–Trinajstić information content (AvgIpc) is 2.98. The van der Waals surface area contributed by atoms with E-state index in [1.165, 1.54) is 4.90 Å². The normalized spacial score (nSPS) is 12.5. The van der Waals surface area contributed by atoms with E-state index in [-0.39, 0.29) is 19.1 Å². The van der Waals surface area contributed by atoms with Gasteiger partial charge in [0.05, 0.1) is 6.54 Å². The maximum absolute atomic E-state index is 13.3. The zero-order valence-corrected chi connectivity index (χ0v) is 23.1. The van der Waals surface area contributed by atoms with Crippen molar-refractivity contribution in [3.63, 3.8) is 0 Å². The number of rotatable bonds is 11. The number of amides is 2. The van der Waals surface area contributed by atoms with Crippen LogP contribution in [0.1, 0.15) is 31.0 Å². The first-order chi connectivity index (χ1) is 19.7. The lowest BCUT2D eigenvalue weighted by Crippen LogP contribution is -2.49. The molecule has 2 amide bonds. The number of ether oxygens (including phenoxy) is 1. The third-order valence-corrected chi connectivity index (χ3v) is 6.61. The quantitative estimate of drug-likeness (QED) is 0.214. The van der Waals surface area contributed by atoms with Crippen LogP contribution in [0.4, 0.5) is 4.79 Å². The van der Waals surface area contributed by atoms with Gasteiger partial charge in [0.1, 0.15) is 6.61 Å². The molecule has 3 N–H and O–H groups in total. The molecule has 41 heavy (non-hydrogen) atoms. The Kier molecular flexibility index (Phi) is 9.71. The molecule has 2 atom stereocenters. The van der Waals surface area contributed by atoms with E-state index in [1.54, 1.807) is 12.1 Å². The first-order valence-corrected chi connectivity index (χ1v) is 13.5. The molecule has 0 radical (unpaired) electrons. The van der Waals surface area contributed by atoms with Crippen molar-refractivity contribution in [3.8, 4) is 11.1 Å². The zero-order chi connectivity index (χ0) is 29.4. The molecule has 0 saturated carbocycles. The SMILES string of the molecule is CC(C)CN(CC(O)C(=O)O)C(=O)NC(C(=O)OCc1ccccc1)c1ccc(-c2ccc3ccccc3c2)cc1. The summed E-state index contributed by atoms with van der Waals surface area (Å²) in [5.74, 6) is -2.11. The summed E-state index contributed by atoms with van der Waals surface area (Å²) in [4.78, 5) is 39.1. The Hall–Kier alpha value is -4.69. The van der Waals surface area contributed by atoms with Crippen LogP contribution < -0.4 is 5.32 Å². The van der Waals surface area contributed by atoms with E-state index in [1.807, 2.05) is 80.6 Å². The number of hydrogen-bond donors (Lipinski definition) is 3. The van der Waals surface area contributed by atoms with Gasteiger partial charge in [0.15, 0.2) is 12.1 Å². The van der Waals surface area contributed by atoms with Gasteiger partial charge in [-0.1, -0.05) is 105 Å². The van der Waals surface area contributed by atoms with Crippen LogP contribution in [-0.4, -0.2) is 52.3 Å². The van der Waals surface area contributed by atoms with Crippen molar-refractivity contribution in [2.24, 2.45) is 5.92 Å².